The summed E-state index contributed by atoms with van der Waals surface area (Å²) in [5.41, 5.74) is 0. The number of carboxylic acids is 4. The van der Waals surface area contributed by atoms with Gasteiger partial charge in [-0.2, -0.15) is 0 Å². The molecule has 22 heavy (non-hydrogen) atoms. The first kappa shape index (κ1) is 25.9. The van der Waals surface area contributed by atoms with Crippen molar-refractivity contribution in [1.82, 2.24) is 9.80 Å². The summed E-state index contributed by atoms with van der Waals surface area (Å²) >= 11 is 0. The molecule has 0 amide bonds. The first-order valence-electron chi connectivity index (χ1n) is 5.52. The van der Waals surface area contributed by atoms with Crippen LogP contribution in [0.3, 0.4) is 0 Å². The molecule has 0 fully saturated rings. The number of rotatable bonds is 11. The summed E-state index contributed by atoms with van der Waals surface area (Å²) in [7, 11) is 0. The first-order valence-corrected chi connectivity index (χ1v) is 5.52. The zero-order chi connectivity index (χ0) is 15.7. The summed E-state index contributed by atoms with van der Waals surface area (Å²) in [5, 5.41) is 34.5. The van der Waals surface area contributed by atoms with Crippen molar-refractivity contribution in [3.05, 3.63) is 0 Å². The van der Waals surface area contributed by atoms with Crippen molar-refractivity contribution in [3.8, 4) is 0 Å². The standard InChI is InChI=1S/C10H16N2O8.2Li.2H/c13-7(14)3-11(4-8(15)16)1-2-12(5-9(17)18)6-10(19)20;;;;/h1-6H2,(H,13,14)(H,15,16)(H,17,18)(H,19,20);;;;/q;2*+1;2*-1. The first-order chi connectivity index (χ1) is 9.20. The van der Waals surface area contributed by atoms with Crippen LogP contribution in [-0.4, -0.2) is 93.4 Å². The molecule has 0 aliphatic carbocycles. The Morgan fingerprint density at radius 1 is 0.591 bits per heavy atom. The third-order valence-corrected chi connectivity index (χ3v) is 2.17. The van der Waals surface area contributed by atoms with Gasteiger partial charge in [-0.1, -0.05) is 0 Å². The van der Waals surface area contributed by atoms with E-state index < -0.39 is 50.1 Å². The molecule has 0 aromatic rings. The van der Waals surface area contributed by atoms with Gasteiger partial charge >= 0.3 is 61.6 Å². The number of carbonyl (C=O) groups is 4. The van der Waals surface area contributed by atoms with E-state index in [4.69, 9.17) is 20.4 Å². The summed E-state index contributed by atoms with van der Waals surface area (Å²) in [6.07, 6.45) is 0. The van der Waals surface area contributed by atoms with Crippen molar-refractivity contribution >= 4 is 23.9 Å². The van der Waals surface area contributed by atoms with E-state index in [-0.39, 0.29) is 53.7 Å². The number of carboxylic acid groups (broad SMARTS) is 4. The quantitative estimate of drug-likeness (QED) is 0.270. The van der Waals surface area contributed by atoms with E-state index in [2.05, 4.69) is 0 Å². The van der Waals surface area contributed by atoms with Crippen molar-refractivity contribution in [2.45, 2.75) is 0 Å². The Morgan fingerprint density at radius 3 is 0.909 bits per heavy atom. The van der Waals surface area contributed by atoms with Gasteiger partial charge in [0.1, 0.15) is 0 Å². The predicted molar refractivity (Wildman–Crippen MR) is 65.6 cm³/mol. The number of hydrogen-bond acceptors (Lipinski definition) is 6. The predicted octanol–water partition coefficient (Wildman–Crippen LogP) is -7.84. The minimum atomic E-state index is -1.23. The Kier molecular flexibility index (Phi) is 16.1. The van der Waals surface area contributed by atoms with Crippen LogP contribution in [0.1, 0.15) is 2.85 Å². The largest absolute Gasteiger partial charge is 1.00 e. The third-order valence-electron chi connectivity index (χ3n) is 2.17. The van der Waals surface area contributed by atoms with Gasteiger partial charge < -0.3 is 23.3 Å². The van der Waals surface area contributed by atoms with E-state index in [1.54, 1.807) is 0 Å². The number of nitrogens with zero attached hydrogens (tertiary/aromatic N) is 2. The van der Waals surface area contributed by atoms with Crippen LogP contribution in [0.15, 0.2) is 0 Å². The fraction of sp³-hybridized carbons (Fsp3) is 0.600. The van der Waals surface area contributed by atoms with Crippen molar-refractivity contribution in [2.24, 2.45) is 0 Å². The molecule has 0 radical (unpaired) electrons. The average molecular weight is 308 g/mol. The normalized spacial score (nSPS) is 9.73. The average Bonchev–Trinajstić information content (AvgIpc) is 2.22. The molecule has 4 N–H and O–H groups in total. The number of hydrogen-bond donors (Lipinski definition) is 4. The van der Waals surface area contributed by atoms with Crippen molar-refractivity contribution in [1.29, 1.82) is 0 Å². The zero-order valence-corrected chi connectivity index (χ0v) is 12.6. The zero-order valence-electron chi connectivity index (χ0n) is 14.6. The monoisotopic (exact) mass is 308 g/mol. The molecule has 0 unspecified atom stereocenters. The van der Waals surface area contributed by atoms with Crippen LogP contribution in [0.2, 0.25) is 0 Å². The van der Waals surface area contributed by atoms with Crippen LogP contribution in [-0.2, 0) is 19.2 Å². The second kappa shape index (κ2) is 13.6. The fourth-order valence-corrected chi connectivity index (χ4v) is 1.48. The molecular weight excluding hydrogens is 290 g/mol. The van der Waals surface area contributed by atoms with Crippen LogP contribution in [0.5, 0.6) is 0 Å². The van der Waals surface area contributed by atoms with Gasteiger partial charge in [-0.05, 0) is 0 Å². The molecule has 0 rings (SSSR count). The Labute approximate surface area is 153 Å². The Bertz CT molecular complexity index is 335. The van der Waals surface area contributed by atoms with E-state index >= 15 is 0 Å². The number of aliphatic carboxylic acids is 4. The van der Waals surface area contributed by atoms with Gasteiger partial charge in [0.05, 0.1) is 26.2 Å². The minimum Gasteiger partial charge on any atom is -1.00 e. The third kappa shape index (κ3) is 15.4. The van der Waals surface area contributed by atoms with Crippen molar-refractivity contribution in [2.75, 3.05) is 39.3 Å². The van der Waals surface area contributed by atoms with Gasteiger partial charge in [-0.15, -0.1) is 0 Å². The van der Waals surface area contributed by atoms with Crippen LogP contribution < -0.4 is 37.7 Å². The molecule has 0 aromatic carbocycles. The molecule has 0 aliphatic heterocycles. The molecule has 10 nitrogen and oxygen atoms in total. The van der Waals surface area contributed by atoms with Crippen LogP contribution in [0.25, 0.3) is 0 Å². The minimum absolute atomic E-state index is 0. The van der Waals surface area contributed by atoms with Gasteiger partial charge in [0.25, 0.3) is 0 Å². The second-order valence-electron chi connectivity index (χ2n) is 4.00. The Morgan fingerprint density at radius 2 is 0.773 bits per heavy atom. The Balaban J connectivity index is -0.000000301. The molecule has 0 aromatic heterocycles. The summed E-state index contributed by atoms with van der Waals surface area (Å²) in [6, 6.07) is 0. The van der Waals surface area contributed by atoms with Crippen LogP contribution >= 0.6 is 0 Å². The SMILES string of the molecule is O=C(O)CN(CCN(CC(=O)O)CC(=O)O)CC(=O)O.[H-].[H-].[Li+].[Li+]. The van der Waals surface area contributed by atoms with Gasteiger partial charge in [0.2, 0.25) is 0 Å². The molecule has 0 aliphatic rings. The second-order valence-corrected chi connectivity index (χ2v) is 4.00. The summed E-state index contributed by atoms with van der Waals surface area (Å²) in [5.74, 6) is -4.91. The fourth-order valence-electron chi connectivity index (χ4n) is 1.48. The molecule has 0 heterocycles. The van der Waals surface area contributed by atoms with Crippen molar-refractivity contribution < 1.29 is 80.2 Å². The molecule has 0 bridgehead atoms. The van der Waals surface area contributed by atoms with Gasteiger partial charge in [0.15, 0.2) is 0 Å². The van der Waals surface area contributed by atoms with Crippen molar-refractivity contribution in [3.63, 3.8) is 0 Å². The molecule has 0 atom stereocenters. The van der Waals surface area contributed by atoms with E-state index in [1.807, 2.05) is 0 Å². The maximum absolute atomic E-state index is 10.6. The molecule has 0 saturated carbocycles. The summed E-state index contributed by atoms with van der Waals surface area (Å²) < 4.78 is 0. The summed E-state index contributed by atoms with van der Waals surface area (Å²) in [6.45, 7) is -2.25. The van der Waals surface area contributed by atoms with Crippen LogP contribution in [0.4, 0.5) is 0 Å². The summed E-state index contributed by atoms with van der Waals surface area (Å²) in [4.78, 5) is 44.4. The molecule has 12 heteroatoms. The van der Waals surface area contributed by atoms with Crippen LogP contribution in [0, 0.1) is 0 Å². The van der Waals surface area contributed by atoms with Gasteiger partial charge in [-0.3, -0.25) is 29.0 Å². The molecule has 0 saturated heterocycles. The molecule has 118 valence electrons. The van der Waals surface area contributed by atoms with E-state index in [0.717, 1.165) is 9.80 Å². The maximum Gasteiger partial charge on any atom is 1.00 e. The van der Waals surface area contributed by atoms with E-state index in [1.165, 1.54) is 0 Å². The smallest absolute Gasteiger partial charge is 1.00 e. The van der Waals surface area contributed by atoms with E-state index in [0.29, 0.717) is 0 Å². The van der Waals surface area contributed by atoms with Gasteiger partial charge in [0, 0.05) is 13.1 Å². The molecule has 0 spiro atoms. The Hall–Kier alpha value is -1.01. The van der Waals surface area contributed by atoms with E-state index in [9.17, 15) is 19.2 Å². The maximum atomic E-state index is 10.6. The van der Waals surface area contributed by atoms with Gasteiger partial charge in [-0.25, -0.2) is 0 Å². The topological polar surface area (TPSA) is 156 Å². The molecular formula is C10H18Li2N2O8.